The Morgan fingerprint density at radius 1 is 1.09 bits per heavy atom. The van der Waals surface area contributed by atoms with E-state index in [1.165, 1.54) is 17.3 Å². The summed E-state index contributed by atoms with van der Waals surface area (Å²) in [5.74, 6) is -0.119. The molecule has 0 aliphatic heterocycles. The van der Waals surface area contributed by atoms with Crippen molar-refractivity contribution in [3.8, 4) is 0 Å². The summed E-state index contributed by atoms with van der Waals surface area (Å²) in [7, 11) is 0. The Morgan fingerprint density at radius 3 is 2.50 bits per heavy atom. The van der Waals surface area contributed by atoms with Gasteiger partial charge in [0.2, 0.25) is 11.8 Å². The van der Waals surface area contributed by atoms with Crippen molar-refractivity contribution in [2.24, 2.45) is 0 Å². The number of nitrogens with one attached hydrogen (secondary N) is 2. The van der Waals surface area contributed by atoms with Gasteiger partial charge in [0.1, 0.15) is 0 Å². The maximum Gasteiger partial charge on any atom is 0.248 e. The Hall–Kier alpha value is -1.79. The van der Waals surface area contributed by atoms with Gasteiger partial charge in [-0.1, -0.05) is 23.8 Å². The quantitative estimate of drug-likeness (QED) is 0.631. The molecule has 116 valence electrons. The predicted molar refractivity (Wildman–Crippen MR) is 90.8 cm³/mol. The van der Waals surface area contributed by atoms with Crippen molar-refractivity contribution in [1.29, 1.82) is 0 Å². The second kappa shape index (κ2) is 8.60. The number of aryl methyl sites for hydroxylation is 2. The van der Waals surface area contributed by atoms with E-state index in [4.69, 9.17) is 0 Å². The molecular formula is C16H18N2O2S2. The van der Waals surface area contributed by atoms with Gasteiger partial charge in [0, 0.05) is 16.2 Å². The maximum absolute atomic E-state index is 11.7. The van der Waals surface area contributed by atoms with Crippen LogP contribution in [0, 0.1) is 6.92 Å². The summed E-state index contributed by atoms with van der Waals surface area (Å²) >= 11 is 3.06. The summed E-state index contributed by atoms with van der Waals surface area (Å²) in [6.07, 6.45) is 1.06. The molecule has 4 nitrogen and oxygen atoms in total. The maximum atomic E-state index is 11.7. The number of hydrogen-bond donors (Lipinski definition) is 2. The van der Waals surface area contributed by atoms with Crippen molar-refractivity contribution < 1.29 is 9.59 Å². The summed E-state index contributed by atoms with van der Waals surface area (Å²) < 4.78 is 0. The van der Waals surface area contributed by atoms with Gasteiger partial charge in [0.05, 0.1) is 5.75 Å². The number of carbonyl (C=O) groups is 2. The molecule has 22 heavy (non-hydrogen) atoms. The molecule has 1 heterocycles. The van der Waals surface area contributed by atoms with Crippen molar-refractivity contribution in [2.45, 2.75) is 24.7 Å². The standard InChI is InChI=1S/C16H18N2O2S2/c1-12-4-6-14(7-5-12)22-11-16(20)18-17-15(19)9-8-13-3-2-10-21-13/h2-7,10H,8-9,11H2,1H3,(H,17,19)(H,18,20). The fourth-order valence-corrected chi connectivity index (χ4v) is 3.12. The van der Waals surface area contributed by atoms with E-state index in [0.717, 1.165) is 9.77 Å². The molecule has 0 radical (unpaired) electrons. The van der Waals surface area contributed by atoms with E-state index in [-0.39, 0.29) is 17.6 Å². The third-order valence-corrected chi connectivity index (χ3v) is 4.86. The minimum absolute atomic E-state index is 0.179. The lowest BCUT2D eigenvalue weighted by Gasteiger charge is -2.07. The molecule has 2 rings (SSSR count). The number of hydrogen-bond acceptors (Lipinski definition) is 4. The van der Waals surface area contributed by atoms with E-state index in [2.05, 4.69) is 10.9 Å². The third-order valence-electron chi connectivity index (χ3n) is 2.91. The molecule has 0 unspecified atom stereocenters. The van der Waals surface area contributed by atoms with Gasteiger partial charge in [0.25, 0.3) is 0 Å². The highest BCUT2D eigenvalue weighted by atomic mass is 32.2. The number of thioether (sulfide) groups is 1. The first-order chi connectivity index (χ1) is 10.6. The molecule has 1 aromatic carbocycles. The zero-order chi connectivity index (χ0) is 15.8. The van der Waals surface area contributed by atoms with Gasteiger partial charge in [-0.2, -0.15) is 0 Å². The van der Waals surface area contributed by atoms with Crippen LogP contribution >= 0.6 is 23.1 Å². The van der Waals surface area contributed by atoms with Gasteiger partial charge in [-0.15, -0.1) is 23.1 Å². The fraction of sp³-hybridized carbons (Fsp3) is 0.250. The normalized spacial score (nSPS) is 10.2. The molecule has 0 fully saturated rings. The van der Waals surface area contributed by atoms with Crippen LogP contribution in [0.15, 0.2) is 46.7 Å². The van der Waals surface area contributed by atoms with Gasteiger partial charge in [0.15, 0.2) is 0 Å². The molecule has 2 amide bonds. The topological polar surface area (TPSA) is 58.2 Å². The van der Waals surface area contributed by atoms with E-state index < -0.39 is 0 Å². The van der Waals surface area contributed by atoms with Gasteiger partial charge in [-0.3, -0.25) is 20.4 Å². The number of thiophene rings is 1. The lowest BCUT2D eigenvalue weighted by Crippen LogP contribution is -2.42. The first-order valence-corrected chi connectivity index (χ1v) is 8.79. The van der Waals surface area contributed by atoms with Crippen LogP contribution in [0.2, 0.25) is 0 Å². The summed E-state index contributed by atoms with van der Waals surface area (Å²) in [6, 6.07) is 11.9. The zero-order valence-corrected chi connectivity index (χ0v) is 13.9. The average molecular weight is 334 g/mol. The Labute approximate surface area is 138 Å². The molecule has 0 aliphatic rings. The molecule has 0 bridgehead atoms. The third kappa shape index (κ3) is 5.91. The van der Waals surface area contributed by atoms with Crippen LogP contribution in [0.5, 0.6) is 0 Å². The molecule has 0 aliphatic carbocycles. The highest BCUT2D eigenvalue weighted by Crippen LogP contribution is 2.17. The van der Waals surface area contributed by atoms with Crippen LogP contribution in [0.25, 0.3) is 0 Å². The zero-order valence-electron chi connectivity index (χ0n) is 12.3. The predicted octanol–water partition coefficient (Wildman–Crippen LogP) is 2.93. The minimum atomic E-state index is -0.213. The van der Waals surface area contributed by atoms with Crippen molar-refractivity contribution in [3.63, 3.8) is 0 Å². The smallest absolute Gasteiger partial charge is 0.248 e. The fourth-order valence-electron chi connectivity index (χ4n) is 1.71. The van der Waals surface area contributed by atoms with Crippen molar-refractivity contribution in [1.82, 2.24) is 10.9 Å². The van der Waals surface area contributed by atoms with Crippen LogP contribution in [0.4, 0.5) is 0 Å². The Kier molecular flexibility index (Phi) is 6.48. The largest absolute Gasteiger partial charge is 0.273 e. The molecule has 1 aromatic heterocycles. The monoisotopic (exact) mass is 334 g/mol. The van der Waals surface area contributed by atoms with E-state index in [9.17, 15) is 9.59 Å². The molecule has 0 atom stereocenters. The second-order valence-electron chi connectivity index (χ2n) is 4.78. The first kappa shape index (κ1) is 16.6. The van der Waals surface area contributed by atoms with Crippen molar-refractivity contribution >= 4 is 34.9 Å². The molecule has 6 heteroatoms. The molecule has 0 saturated heterocycles. The lowest BCUT2D eigenvalue weighted by molar-refractivity contribution is -0.127. The van der Waals surface area contributed by atoms with Gasteiger partial charge in [-0.05, 0) is 36.9 Å². The van der Waals surface area contributed by atoms with E-state index in [1.54, 1.807) is 11.3 Å². The molecule has 2 aromatic rings. The number of rotatable bonds is 6. The molecular weight excluding hydrogens is 316 g/mol. The van der Waals surface area contributed by atoms with E-state index in [1.807, 2.05) is 48.7 Å². The van der Waals surface area contributed by atoms with Gasteiger partial charge < -0.3 is 0 Å². The molecule has 0 spiro atoms. The van der Waals surface area contributed by atoms with E-state index in [0.29, 0.717) is 12.8 Å². The minimum Gasteiger partial charge on any atom is -0.273 e. The van der Waals surface area contributed by atoms with E-state index >= 15 is 0 Å². The Bertz CT molecular complexity index is 610. The van der Waals surface area contributed by atoms with Crippen molar-refractivity contribution in [2.75, 3.05) is 5.75 Å². The highest BCUT2D eigenvalue weighted by Gasteiger charge is 2.06. The van der Waals surface area contributed by atoms with Crippen LogP contribution in [0.1, 0.15) is 16.9 Å². The first-order valence-electron chi connectivity index (χ1n) is 6.93. The Morgan fingerprint density at radius 2 is 1.82 bits per heavy atom. The number of benzene rings is 1. The lowest BCUT2D eigenvalue weighted by atomic mass is 10.2. The molecule has 0 saturated carbocycles. The van der Waals surface area contributed by atoms with Gasteiger partial charge >= 0.3 is 0 Å². The van der Waals surface area contributed by atoms with Crippen LogP contribution < -0.4 is 10.9 Å². The summed E-state index contributed by atoms with van der Waals surface area (Å²) in [5.41, 5.74) is 6.07. The molecule has 2 N–H and O–H groups in total. The summed E-state index contributed by atoms with van der Waals surface area (Å²) in [5, 5.41) is 1.98. The number of carbonyl (C=O) groups excluding carboxylic acids is 2. The Balaban J connectivity index is 1.62. The summed E-state index contributed by atoms with van der Waals surface area (Å²) in [4.78, 5) is 25.5. The van der Waals surface area contributed by atoms with Crippen molar-refractivity contribution in [3.05, 3.63) is 52.2 Å². The summed E-state index contributed by atoms with van der Waals surface area (Å²) in [6.45, 7) is 2.02. The SMILES string of the molecule is Cc1ccc(SCC(=O)NNC(=O)CCc2cccs2)cc1. The van der Waals surface area contributed by atoms with Crippen LogP contribution in [-0.2, 0) is 16.0 Å². The number of hydrazine groups is 1. The highest BCUT2D eigenvalue weighted by molar-refractivity contribution is 8.00. The van der Waals surface area contributed by atoms with Crippen LogP contribution in [-0.4, -0.2) is 17.6 Å². The number of amides is 2. The van der Waals surface area contributed by atoms with Crippen LogP contribution in [0.3, 0.4) is 0 Å². The average Bonchev–Trinajstić information content (AvgIpc) is 3.04. The second-order valence-corrected chi connectivity index (χ2v) is 6.86. The van der Waals surface area contributed by atoms with Gasteiger partial charge in [-0.25, -0.2) is 0 Å².